The molecule has 7 nitrogen and oxygen atoms in total. The number of hydrogen-bond donors (Lipinski definition) is 0. The minimum Gasteiger partial charge on any atom is -0.443 e. The molecule has 166 valence electrons. The first-order chi connectivity index (χ1) is 12.4. The Morgan fingerprint density at radius 1 is 0.714 bits per heavy atom. The quantitative estimate of drug-likeness (QED) is 0.557. The highest BCUT2D eigenvalue weighted by Gasteiger charge is 2.41. The third-order valence-electron chi connectivity index (χ3n) is 3.87. The van der Waals surface area contributed by atoms with Crippen molar-refractivity contribution in [3.8, 4) is 0 Å². The summed E-state index contributed by atoms with van der Waals surface area (Å²) in [4.78, 5) is 26.6. The SMILES string of the molecule is COCCC(C)(C)OCCC(C)(C)N(C(=O)OC(C)(C)C)C(=O)OC(C)(C)C. The Balaban J connectivity index is 5.32. The lowest BCUT2D eigenvalue weighted by atomic mass is 9.98. The van der Waals surface area contributed by atoms with Crippen molar-refractivity contribution in [2.24, 2.45) is 0 Å². The fourth-order valence-electron chi connectivity index (χ4n) is 2.29. The zero-order valence-electron chi connectivity index (χ0n) is 19.7. The fourth-order valence-corrected chi connectivity index (χ4v) is 2.29. The molecule has 0 atom stereocenters. The van der Waals surface area contributed by atoms with E-state index in [1.165, 1.54) is 0 Å². The van der Waals surface area contributed by atoms with Gasteiger partial charge in [0.05, 0.1) is 11.1 Å². The molecule has 0 aromatic carbocycles. The van der Waals surface area contributed by atoms with E-state index in [9.17, 15) is 9.59 Å². The number of rotatable bonds is 8. The summed E-state index contributed by atoms with van der Waals surface area (Å²) in [7, 11) is 1.65. The minimum atomic E-state index is -0.859. The van der Waals surface area contributed by atoms with Gasteiger partial charge in [0.1, 0.15) is 11.2 Å². The highest BCUT2D eigenvalue weighted by molar-refractivity contribution is 5.89. The van der Waals surface area contributed by atoms with Crippen LogP contribution in [0.2, 0.25) is 0 Å². The molecule has 2 amide bonds. The molecule has 0 saturated carbocycles. The predicted octanol–water partition coefficient (Wildman–Crippen LogP) is 5.16. The third-order valence-corrected chi connectivity index (χ3v) is 3.87. The predicted molar refractivity (Wildman–Crippen MR) is 110 cm³/mol. The molecule has 0 saturated heterocycles. The summed E-state index contributed by atoms with van der Waals surface area (Å²) in [6.07, 6.45) is -0.288. The van der Waals surface area contributed by atoms with Crippen molar-refractivity contribution in [3.63, 3.8) is 0 Å². The van der Waals surface area contributed by atoms with Gasteiger partial charge in [-0.1, -0.05) is 0 Å². The summed E-state index contributed by atoms with van der Waals surface area (Å²) >= 11 is 0. The molecule has 0 fully saturated rings. The molecular formula is C21H41NO6. The molecule has 7 heteroatoms. The minimum absolute atomic E-state index is 0.366. The van der Waals surface area contributed by atoms with Gasteiger partial charge in [-0.2, -0.15) is 0 Å². The van der Waals surface area contributed by atoms with E-state index in [1.807, 2.05) is 13.8 Å². The van der Waals surface area contributed by atoms with Gasteiger partial charge in [0.25, 0.3) is 0 Å². The molecule has 0 aromatic rings. The van der Waals surface area contributed by atoms with Crippen molar-refractivity contribution in [2.75, 3.05) is 20.3 Å². The largest absolute Gasteiger partial charge is 0.443 e. The average molecular weight is 404 g/mol. The Labute approximate surface area is 171 Å². The Kier molecular flexibility index (Phi) is 9.45. The highest BCUT2D eigenvalue weighted by atomic mass is 16.6. The molecule has 0 rings (SSSR count). The van der Waals surface area contributed by atoms with E-state index in [1.54, 1.807) is 62.5 Å². The number of carbonyl (C=O) groups excluding carboxylic acids is 2. The normalized spacial score (nSPS) is 13.2. The first-order valence-corrected chi connectivity index (χ1v) is 9.79. The van der Waals surface area contributed by atoms with Gasteiger partial charge in [-0.25, -0.2) is 14.5 Å². The molecule has 0 radical (unpaired) electrons. The number of methoxy groups -OCH3 is 1. The van der Waals surface area contributed by atoms with E-state index in [0.717, 1.165) is 11.3 Å². The van der Waals surface area contributed by atoms with Gasteiger partial charge in [0.2, 0.25) is 0 Å². The zero-order valence-corrected chi connectivity index (χ0v) is 19.7. The van der Waals surface area contributed by atoms with Crippen LogP contribution >= 0.6 is 0 Å². The van der Waals surface area contributed by atoms with Crippen LogP contribution in [0, 0.1) is 0 Å². The molecule has 0 aliphatic rings. The van der Waals surface area contributed by atoms with Crippen LogP contribution in [0.5, 0.6) is 0 Å². The summed E-state index contributed by atoms with van der Waals surface area (Å²) < 4.78 is 22.0. The fraction of sp³-hybridized carbons (Fsp3) is 0.905. The first-order valence-electron chi connectivity index (χ1n) is 9.79. The summed E-state index contributed by atoms with van der Waals surface area (Å²) in [5, 5.41) is 0. The highest BCUT2D eigenvalue weighted by Crippen LogP contribution is 2.26. The van der Waals surface area contributed by atoms with Gasteiger partial charge in [0.15, 0.2) is 0 Å². The van der Waals surface area contributed by atoms with E-state index < -0.39 is 28.9 Å². The summed E-state index contributed by atoms with van der Waals surface area (Å²) in [6.45, 7) is 19.1. The third kappa shape index (κ3) is 10.9. The molecule has 0 aliphatic carbocycles. The number of nitrogens with zero attached hydrogens (tertiary/aromatic N) is 1. The van der Waals surface area contributed by atoms with E-state index in [0.29, 0.717) is 19.6 Å². The van der Waals surface area contributed by atoms with Crippen molar-refractivity contribution in [2.45, 2.75) is 104 Å². The maximum absolute atomic E-state index is 12.8. The molecule has 0 N–H and O–H groups in total. The Morgan fingerprint density at radius 3 is 1.50 bits per heavy atom. The standard InChI is InChI=1S/C21H41NO6/c1-18(2,3)27-16(23)22(17(24)28-19(4,5)6)20(7,8)12-15-26-21(9,10)13-14-25-11/h12-15H2,1-11H3. The van der Waals surface area contributed by atoms with Gasteiger partial charge < -0.3 is 18.9 Å². The van der Waals surface area contributed by atoms with Crippen molar-refractivity contribution in [1.29, 1.82) is 0 Å². The molecule has 28 heavy (non-hydrogen) atoms. The number of carbonyl (C=O) groups is 2. The average Bonchev–Trinajstić information content (AvgIpc) is 2.40. The van der Waals surface area contributed by atoms with Crippen molar-refractivity contribution < 1.29 is 28.5 Å². The van der Waals surface area contributed by atoms with Gasteiger partial charge in [-0.3, -0.25) is 0 Å². The van der Waals surface area contributed by atoms with Crippen LogP contribution in [-0.4, -0.2) is 59.8 Å². The number of hydrogen-bond acceptors (Lipinski definition) is 6. The van der Waals surface area contributed by atoms with Crippen LogP contribution in [-0.2, 0) is 18.9 Å². The molecule has 0 bridgehead atoms. The summed E-state index contributed by atoms with van der Waals surface area (Å²) in [5.41, 5.74) is -2.69. The van der Waals surface area contributed by atoms with E-state index in [4.69, 9.17) is 18.9 Å². The van der Waals surface area contributed by atoms with E-state index in [-0.39, 0.29) is 5.60 Å². The maximum atomic E-state index is 12.8. The number of amides is 2. The number of ether oxygens (including phenoxy) is 4. The lowest BCUT2D eigenvalue weighted by molar-refractivity contribution is -0.0552. The molecular weight excluding hydrogens is 362 g/mol. The lowest BCUT2D eigenvalue weighted by Crippen LogP contribution is -2.54. The lowest BCUT2D eigenvalue weighted by Gasteiger charge is -2.38. The molecule has 0 spiro atoms. The van der Waals surface area contributed by atoms with Crippen LogP contribution in [0.3, 0.4) is 0 Å². The first kappa shape index (κ1) is 26.7. The molecule has 0 heterocycles. The molecule has 0 aliphatic heterocycles. The van der Waals surface area contributed by atoms with Crippen LogP contribution in [0.1, 0.15) is 82.1 Å². The van der Waals surface area contributed by atoms with Gasteiger partial charge >= 0.3 is 12.2 Å². The smallest absolute Gasteiger partial charge is 0.420 e. The van der Waals surface area contributed by atoms with Crippen LogP contribution in [0.25, 0.3) is 0 Å². The second-order valence-corrected chi connectivity index (χ2v) is 10.2. The second kappa shape index (κ2) is 9.92. The van der Waals surface area contributed by atoms with Crippen molar-refractivity contribution in [3.05, 3.63) is 0 Å². The van der Waals surface area contributed by atoms with Crippen LogP contribution in [0.15, 0.2) is 0 Å². The summed E-state index contributed by atoms with van der Waals surface area (Å²) in [5.74, 6) is 0. The van der Waals surface area contributed by atoms with Crippen LogP contribution in [0.4, 0.5) is 9.59 Å². The molecule has 0 unspecified atom stereocenters. The maximum Gasteiger partial charge on any atom is 0.420 e. The zero-order chi connectivity index (χ0) is 22.4. The Bertz CT molecular complexity index is 486. The van der Waals surface area contributed by atoms with E-state index in [2.05, 4.69) is 0 Å². The van der Waals surface area contributed by atoms with Gasteiger partial charge in [-0.05, 0) is 82.1 Å². The van der Waals surface area contributed by atoms with Crippen molar-refractivity contribution in [1.82, 2.24) is 4.90 Å². The van der Waals surface area contributed by atoms with E-state index >= 15 is 0 Å². The topological polar surface area (TPSA) is 74.3 Å². The summed E-state index contributed by atoms with van der Waals surface area (Å²) in [6, 6.07) is 0. The molecule has 0 aromatic heterocycles. The Hall–Kier alpha value is -1.34. The van der Waals surface area contributed by atoms with Crippen LogP contribution < -0.4 is 0 Å². The number of imide groups is 1. The second-order valence-electron chi connectivity index (χ2n) is 10.2. The van der Waals surface area contributed by atoms with Gasteiger partial charge in [-0.15, -0.1) is 0 Å². The Morgan fingerprint density at radius 2 is 1.14 bits per heavy atom. The monoisotopic (exact) mass is 403 g/mol. The van der Waals surface area contributed by atoms with Crippen molar-refractivity contribution >= 4 is 12.2 Å². The van der Waals surface area contributed by atoms with Gasteiger partial charge in [0, 0.05) is 20.3 Å².